The van der Waals surface area contributed by atoms with Crippen molar-refractivity contribution in [1.82, 2.24) is 0 Å². The van der Waals surface area contributed by atoms with Crippen molar-refractivity contribution >= 4 is 11.6 Å². The van der Waals surface area contributed by atoms with E-state index < -0.39 is 0 Å². The molecule has 1 aliphatic carbocycles. The monoisotopic (exact) mass is 303 g/mol. The maximum atomic E-state index is 12.4. The number of carbonyl (C=O) groups is 1. The van der Waals surface area contributed by atoms with Gasteiger partial charge in [0.1, 0.15) is 5.75 Å². The highest BCUT2D eigenvalue weighted by molar-refractivity contribution is 5.93. The summed E-state index contributed by atoms with van der Waals surface area (Å²) in [6.07, 6.45) is 6.73. The van der Waals surface area contributed by atoms with Gasteiger partial charge in [0.15, 0.2) is 0 Å². The summed E-state index contributed by atoms with van der Waals surface area (Å²) in [6.45, 7) is 3.38. The summed E-state index contributed by atoms with van der Waals surface area (Å²) in [5, 5.41) is 3.07. The van der Waals surface area contributed by atoms with E-state index in [1.54, 1.807) is 0 Å². The number of benzene rings is 1. The zero-order chi connectivity index (χ0) is 15.4. The van der Waals surface area contributed by atoms with E-state index in [1.807, 2.05) is 25.1 Å². The number of ether oxygens (including phenoxy) is 2. The SMILES string of the molecule is Cc1c(NC(=O)C2CCOCC2)cccc1OC1CCCC1. The van der Waals surface area contributed by atoms with Gasteiger partial charge in [0.2, 0.25) is 5.91 Å². The van der Waals surface area contributed by atoms with Crippen molar-refractivity contribution in [3.63, 3.8) is 0 Å². The summed E-state index contributed by atoms with van der Waals surface area (Å²) < 4.78 is 11.4. The van der Waals surface area contributed by atoms with Gasteiger partial charge < -0.3 is 14.8 Å². The zero-order valence-corrected chi connectivity index (χ0v) is 13.3. The molecule has 0 atom stereocenters. The van der Waals surface area contributed by atoms with E-state index in [-0.39, 0.29) is 11.8 Å². The minimum absolute atomic E-state index is 0.0626. The number of hydrogen-bond donors (Lipinski definition) is 1. The summed E-state index contributed by atoms with van der Waals surface area (Å²) in [6, 6.07) is 5.91. The van der Waals surface area contributed by atoms with Crippen LogP contribution in [-0.4, -0.2) is 25.2 Å². The molecule has 4 heteroatoms. The lowest BCUT2D eigenvalue weighted by molar-refractivity contribution is -0.122. The lowest BCUT2D eigenvalue weighted by Gasteiger charge is -2.22. The first kappa shape index (κ1) is 15.3. The molecule has 120 valence electrons. The Labute approximate surface area is 132 Å². The molecule has 1 aromatic rings. The first-order valence-corrected chi connectivity index (χ1v) is 8.39. The Hall–Kier alpha value is -1.55. The van der Waals surface area contributed by atoms with E-state index >= 15 is 0 Å². The van der Waals surface area contributed by atoms with Crippen molar-refractivity contribution in [3.8, 4) is 5.75 Å². The van der Waals surface area contributed by atoms with Gasteiger partial charge in [-0.15, -0.1) is 0 Å². The summed E-state index contributed by atoms with van der Waals surface area (Å²) in [5.74, 6) is 1.06. The minimum Gasteiger partial charge on any atom is -0.490 e. The largest absolute Gasteiger partial charge is 0.490 e. The standard InChI is InChI=1S/C18H25NO3/c1-13-16(19-18(20)14-9-11-21-12-10-14)7-4-8-17(13)22-15-5-2-3-6-15/h4,7-8,14-15H,2-3,5-6,9-12H2,1H3,(H,19,20). The number of rotatable bonds is 4. The van der Waals surface area contributed by atoms with Crippen LogP contribution < -0.4 is 10.1 Å². The first-order chi connectivity index (χ1) is 10.7. The second-order valence-corrected chi connectivity index (χ2v) is 6.33. The summed E-state index contributed by atoms with van der Waals surface area (Å²) >= 11 is 0. The molecule has 0 unspecified atom stereocenters. The molecule has 1 aliphatic heterocycles. The smallest absolute Gasteiger partial charge is 0.227 e. The fraction of sp³-hybridized carbons (Fsp3) is 0.611. The normalized spacial score (nSPS) is 20.0. The van der Waals surface area contributed by atoms with Gasteiger partial charge in [-0.1, -0.05) is 6.07 Å². The van der Waals surface area contributed by atoms with Crippen LogP contribution in [0.5, 0.6) is 5.75 Å². The highest BCUT2D eigenvalue weighted by atomic mass is 16.5. The number of amides is 1. The van der Waals surface area contributed by atoms with Gasteiger partial charge in [-0.3, -0.25) is 4.79 Å². The number of nitrogens with one attached hydrogen (secondary N) is 1. The summed E-state index contributed by atoms with van der Waals surface area (Å²) in [7, 11) is 0. The van der Waals surface area contributed by atoms with Gasteiger partial charge in [0, 0.05) is 30.4 Å². The van der Waals surface area contributed by atoms with Crippen LogP contribution in [0.4, 0.5) is 5.69 Å². The summed E-state index contributed by atoms with van der Waals surface area (Å²) in [5.41, 5.74) is 1.89. The molecule has 1 saturated heterocycles. The molecule has 2 fully saturated rings. The van der Waals surface area contributed by atoms with Crippen molar-refractivity contribution in [3.05, 3.63) is 23.8 Å². The third-order valence-electron chi connectivity index (χ3n) is 4.73. The molecule has 1 amide bonds. The molecule has 2 aliphatic rings. The van der Waals surface area contributed by atoms with Crippen LogP contribution in [-0.2, 0) is 9.53 Å². The molecule has 3 rings (SSSR count). The Morgan fingerprint density at radius 2 is 1.91 bits per heavy atom. The second kappa shape index (κ2) is 7.14. The molecular weight excluding hydrogens is 278 g/mol. The lowest BCUT2D eigenvalue weighted by atomic mass is 9.99. The van der Waals surface area contributed by atoms with E-state index in [1.165, 1.54) is 12.8 Å². The number of carbonyl (C=O) groups excluding carboxylic acids is 1. The van der Waals surface area contributed by atoms with Crippen LogP contribution in [0.2, 0.25) is 0 Å². The van der Waals surface area contributed by atoms with E-state index in [4.69, 9.17) is 9.47 Å². The number of hydrogen-bond acceptors (Lipinski definition) is 3. The minimum atomic E-state index is 0.0626. The maximum Gasteiger partial charge on any atom is 0.227 e. The van der Waals surface area contributed by atoms with Gasteiger partial charge in [-0.05, 0) is 57.6 Å². The van der Waals surface area contributed by atoms with E-state index in [0.29, 0.717) is 19.3 Å². The van der Waals surface area contributed by atoms with Crippen molar-refractivity contribution < 1.29 is 14.3 Å². The van der Waals surface area contributed by atoms with Gasteiger partial charge in [0.25, 0.3) is 0 Å². The predicted molar refractivity (Wildman–Crippen MR) is 86.2 cm³/mol. The molecule has 1 heterocycles. The molecule has 1 saturated carbocycles. The maximum absolute atomic E-state index is 12.4. The highest BCUT2D eigenvalue weighted by Gasteiger charge is 2.23. The highest BCUT2D eigenvalue weighted by Crippen LogP contribution is 2.30. The zero-order valence-electron chi connectivity index (χ0n) is 13.3. The summed E-state index contributed by atoms with van der Waals surface area (Å²) in [4.78, 5) is 12.4. The Kier molecular flexibility index (Phi) is 4.98. The van der Waals surface area contributed by atoms with Crippen molar-refractivity contribution in [2.75, 3.05) is 18.5 Å². The van der Waals surface area contributed by atoms with Gasteiger partial charge in [0.05, 0.1) is 6.10 Å². The third-order valence-corrected chi connectivity index (χ3v) is 4.73. The average Bonchev–Trinajstić information content (AvgIpc) is 3.05. The average molecular weight is 303 g/mol. The van der Waals surface area contributed by atoms with Crippen molar-refractivity contribution in [2.45, 2.75) is 51.6 Å². The Balaban J connectivity index is 1.66. The molecular formula is C18H25NO3. The van der Waals surface area contributed by atoms with Gasteiger partial charge >= 0.3 is 0 Å². The molecule has 0 bridgehead atoms. The molecule has 0 radical (unpaired) electrons. The lowest BCUT2D eigenvalue weighted by Crippen LogP contribution is -2.28. The first-order valence-electron chi connectivity index (χ1n) is 8.39. The van der Waals surface area contributed by atoms with Gasteiger partial charge in [-0.2, -0.15) is 0 Å². The predicted octanol–water partition coefficient (Wildman–Crippen LogP) is 3.68. The Morgan fingerprint density at radius 3 is 2.64 bits per heavy atom. The van der Waals surface area contributed by atoms with Crippen LogP contribution in [0.3, 0.4) is 0 Å². The van der Waals surface area contributed by atoms with Crippen LogP contribution in [0.25, 0.3) is 0 Å². The molecule has 4 nitrogen and oxygen atoms in total. The van der Waals surface area contributed by atoms with E-state index in [2.05, 4.69) is 5.32 Å². The van der Waals surface area contributed by atoms with Crippen LogP contribution in [0.15, 0.2) is 18.2 Å². The van der Waals surface area contributed by atoms with Crippen molar-refractivity contribution in [2.24, 2.45) is 5.92 Å². The fourth-order valence-electron chi connectivity index (χ4n) is 3.26. The van der Waals surface area contributed by atoms with E-state index in [0.717, 1.165) is 42.7 Å². The van der Waals surface area contributed by atoms with Crippen LogP contribution in [0, 0.1) is 12.8 Å². The topological polar surface area (TPSA) is 47.6 Å². The third kappa shape index (κ3) is 3.61. The van der Waals surface area contributed by atoms with E-state index in [9.17, 15) is 4.79 Å². The Morgan fingerprint density at radius 1 is 1.18 bits per heavy atom. The Bertz CT molecular complexity index is 517. The molecule has 0 spiro atoms. The quantitative estimate of drug-likeness (QED) is 0.923. The molecule has 0 aromatic heterocycles. The fourth-order valence-corrected chi connectivity index (χ4v) is 3.26. The molecule has 1 N–H and O–H groups in total. The molecule has 22 heavy (non-hydrogen) atoms. The van der Waals surface area contributed by atoms with Crippen LogP contribution in [0.1, 0.15) is 44.1 Å². The van der Waals surface area contributed by atoms with Crippen LogP contribution >= 0.6 is 0 Å². The van der Waals surface area contributed by atoms with Gasteiger partial charge in [-0.25, -0.2) is 0 Å². The second-order valence-electron chi connectivity index (χ2n) is 6.33. The molecule has 1 aromatic carbocycles. The van der Waals surface area contributed by atoms with Crippen molar-refractivity contribution in [1.29, 1.82) is 0 Å². The number of anilines is 1.